The molecule has 0 bridgehead atoms. The van der Waals surface area contributed by atoms with Gasteiger partial charge in [-0.15, -0.1) is 0 Å². The van der Waals surface area contributed by atoms with Crippen molar-refractivity contribution < 1.29 is 41.3 Å². The molecule has 0 radical (unpaired) electrons. The number of alkyl halides is 4. The number of anilines is 1. The highest BCUT2D eigenvalue weighted by atomic mass is 19.4. The summed E-state index contributed by atoms with van der Waals surface area (Å²) in [7, 11) is 1.29. The van der Waals surface area contributed by atoms with E-state index in [1.54, 1.807) is 34.9 Å². The van der Waals surface area contributed by atoms with E-state index in [4.69, 9.17) is 18.6 Å². The van der Waals surface area contributed by atoms with Crippen LogP contribution in [-0.2, 0) is 15.7 Å². The minimum Gasteiger partial charge on any atom is -0.459 e. The van der Waals surface area contributed by atoms with Gasteiger partial charge in [0.2, 0.25) is 5.82 Å². The van der Waals surface area contributed by atoms with Gasteiger partial charge < -0.3 is 28.6 Å². The average Bonchev–Trinajstić information content (AvgIpc) is 3.69. The van der Waals surface area contributed by atoms with Gasteiger partial charge in [0.05, 0.1) is 36.3 Å². The van der Waals surface area contributed by atoms with Gasteiger partial charge in [-0.25, -0.2) is 14.4 Å². The maximum absolute atomic E-state index is 15.1. The molecule has 2 saturated heterocycles. The zero-order chi connectivity index (χ0) is 29.9. The second kappa shape index (κ2) is 10.6. The summed E-state index contributed by atoms with van der Waals surface area (Å²) in [4.78, 5) is 13.8. The molecule has 0 amide bonds. The summed E-state index contributed by atoms with van der Waals surface area (Å²) in [6.45, 7) is 0.319. The number of imidazole rings is 1. The Bertz CT molecular complexity index is 1790. The van der Waals surface area contributed by atoms with Crippen molar-refractivity contribution in [1.82, 2.24) is 19.5 Å². The molecule has 3 aromatic heterocycles. The van der Waals surface area contributed by atoms with Gasteiger partial charge in [-0.3, -0.25) is 4.57 Å². The second-order valence-electron chi connectivity index (χ2n) is 10.7. The molecule has 2 aromatic carbocycles. The monoisotopic (exact) mass is 601 g/mol. The number of nitrogens with zero attached hydrogens (tertiary/aromatic N) is 5. The van der Waals surface area contributed by atoms with Crippen LogP contribution in [0.1, 0.15) is 24.7 Å². The Balaban J connectivity index is 1.31. The van der Waals surface area contributed by atoms with Crippen molar-refractivity contribution in [3.63, 3.8) is 0 Å². The van der Waals surface area contributed by atoms with Crippen molar-refractivity contribution in [3.8, 4) is 6.01 Å². The lowest BCUT2D eigenvalue weighted by molar-refractivity contribution is -0.144. The van der Waals surface area contributed by atoms with Gasteiger partial charge >= 0.3 is 6.18 Å². The molecule has 14 heteroatoms. The van der Waals surface area contributed by atoms with Gasteiger partial charge in [-0.05, 0) is 30.7 Å². The molecule has 2 aliphatic rings. The number of benzene rings is 2. The van der Waals surface area contributed by atoms with Crippen molar-refractivity contribution in [2.45, 2.75) is 49.7 Å². The molecule has 5 atom stereocenters. The quantitative estimate of drug-likeness (QED) is 0.212. The smallest absolute Gasteiger partial charge is 0.451 e. The van der Waals surface area contributed by atoms with E-state index in [2.05, 4.69) is 15.0 Å². The number of hydrogen-bond acceptors (Lipinski definition) is 9. The number of aliphatic hydroxyl groups is 1. The van der Waals surface area contributed by atoms with E-state index < -0.39 is 42.7 Å². The highest BCUT2D eigenvalue weighted by molar-refractivity contribution is 6.05. The normalized spacial score (nSPS) is 23.9. The van der Waals surface area contributed by atoms with Crippen LogP contribution in [0.25, 0.3) is 33.1 Å². The van der Waals surface area contributed by atoms with Crippen LogP contribution in [0.4, 0.5) is 23.4 Å². The molecule has 7 rings (SSSR count). The second-order valence-corrected chi connectivity index (χ2v) is 10.7. The zero-order valence-corrected chi connectivity index (χ0v) is 22.9. The van der Waals surface area contributed by atoms with Crippen molar-refractivity contribution in [3.05, 3.63) is 54.4 Å². The Hall–Kier alpha value is -4.01. The van der Waals surface area contributed by atoms with Crippen LogP contribution in [0.3, 0.4) is 0 Å². The lowest BCUT2D eigenvalue weighted by Crippen LogP contribution is -2.41. The summed E-state index contributed by atoms with van der Waals surface area (Å²) >= 11 is 0. The van der Waals surface area contributed by atoms with E-state index in [0.717, 1.165) is 0 Å². The number of methoxy groups -OCH3 is 1. The molecule has 226 valence electrons. The highest BCUT2D eigenvalue weighted by Crippen LogP contribution is 2.40. The minimum absolute atomic E-state index is 0.00157. The summed E-state index contributed by atoms with van der Waals surface area (Å²) in [5, 5.41) is 11.2. The van der Waals surface area contributed by atoms with Crippen LogP contribution in [0.2, 0.25) is 0 Å². The Labute approximate surface area is 241 Å². The zero-order valence-electron chi connectivity index (χ0n) is 22.9. The molecule has 0 saturated carbocycles. The number of halogens is 4. The third-order valence-electron chi connectivity index (χ3n) is 8.02. The lowest BCUT2D eigenvalue weighted by Gasteiger charge is -2.29. The van der Waals surface area contributed by atoms with Gasteiger partial charge in [0.15, 0.2) is 17.7 Å². The number of rotatable bonds is 6. The number of hydrogen-bond donors (Lipinski definition) is 1. The molecule has 1 unspecified atom stereocenters. The molecule has 1 N–H and O–H groups in total. The van der Waals surface area contributed by atoms with Crippen LogP contribution < -0.4 is 9.64 Å². The SMILES string of the molecule is COC(O)[C@@H]1C[C@H](Oc2nc3ccccc3n2[C@H]2CCOC[C@@H]2F)CN1c1nc(C(F)(F)F)nc2c1oc1ccccc12. The fourth-order valence-corrected chi connectivity index (χ4v) is 6.04. The van der Waals surface area contributed by atoms with Gasteiger partial charge in [0.1, 0.15) is 23.4 Å². The molecule has 10 nitrogen and oxygen atoms in total. The van der Waals surface area contributed by atoms with E-state index in [9.17, 15) is 18.3 Å². The van der Waals surface area contributed by atoms with Crippen LogP contribution >= 0.6 is 0 Å². The molecule has 2 aliphatic heterocycles. The topological polar surface area (TPSA) is 108 Å². The number of aliphatic hydroxyl groups excluding tert-OH is 1. The van der Waals surface area contributed by atoms with Crippen LogP contribution in [0.15, 0.2) is 52.9 Å². The molecule has 0 aliphatic carbocycles. The summed E-state index contributed by atoms with van der Waals surface area (Å²) < 4.78 is 81.7. The molecule has 43 heavy (non-hydrogen) atoms. The number of aromatic nitrogens is 4. The van der Waals surface area contributed by atoms with Gasteiger partial charge in [0, 0.05) is 25.5 Å². The summed E-state index contributed by atoms with van der Waals surface area (Å²) in [6, 6.07) is 12.6. The van der Waals surface area contributed by atoms with Crippen molar-refractivity contribution in [2.75, 3.05) is 31.8 Å². The third kappa shape index (κ3) is 4.82. The number of furan rings is 1. The fraction of sp³-hybridized carbons (Fsp3) is 0.414. The molecular formula is C29H27F4N5O5. The Kier molecular flexibility index (Phi) is 6.86. The predicted molar refractivity (Wildman–Crippen MR) is 147 cm³/mol. The number of fused-ring (bicyclic) bond motifs is 4. The van der Waals surface area contributed by atoms with E-state index in [1.807, 2.05) is 18.2 Å². The first-order chi connectivity index (χ1) is 20.7. The Morgan fingerprint density at radius 3 is 2.65 bits per heavy atom. The fourth-order valence-electron chi connectivity index (χ4n) is 6.04. The average molecular weight is 602 g/mol. The first-order valence-electron chi connectivity index (χ1n) is 13.8. The first-order valence-corrected chi connectivity index (χ1v) is 13.8. The molecule has 0 spiro atoms. The van der Waals surface area contributed by atoms with E-state index >= 15 is 4.39 Å². The molecular weight excluding hydrogens is 574 g/mol. The third-order valence-corrected chi connectivity index (χ3v) is 8.02. The Morgan fingerprint density at radius 2 is 1.86 bits per heavy atom. The number of para-hydroxylation sites is 3. The van der Waals surface area contributed by atoms with Crippen molar-refractivity contribution in [2.24, 2.45) is 0 Å². The van der Waals surface area contributed by atoms with Crippen molar-refractivity contribution in [1.29, 1.82) is 0 Å². The van der Waals surface area contributed by atoms with Gasteiger partial charge in [0.25, 0.3) is 6.01 Å². The minimum atomic E-state index is -4.84. The van der Waals surface area contributed by atoms with Gasteiger partial charge in [-0.1, -0.05) is 24.3 Å². The summed E-state index contributed by atoms with van der Waals surface area (Å²) in [5.74, 6) is -1.49. The maximum Gasteiger partial charge on any atom is 0.451 e. The lowest BCUT2D eigenvalue weighted by atomic mass is 10.1. The number of ether oxygens (including phenoxy) is 3. The summed E-state index contributed by atoms with van der Waals surface area (Å²) in [5.41, 5.74) is 1.67. The largest absolute Gasteiger partial charge is 0.459 e. The first kappa shape index (κ1) is 27.8. The highest BCUT2D eigenvalue weighted by Gasteiger charge is 2.44. The molecule has 2 fully saturated rings. The molecule has 5 heterocycles. The van der Waals surface area contributed by atoms with E-state index in [-0.39, 0.29) is 42.5 Å². The van der Waals surface area contributed by atoms with Crippen LogP contribution in [0.5, 0.6) is 6.01 Å². The predicted octanol–water partition coefficient (Wildman–Crippen LogP) is 5.04. The Morgan fingerprint density at radius 1 is 1.07 bits per heavy atom. The van der Waals surface area contributed by atoms with E-state index in [0.29, 0.717) is 35.0 Å². The summed E-state index contributed by atoms with van der Waals surface area (Å²) in [6.07, 6.45) is -7.68. The molecule has 5 aromatic rings. The maximum atomic E-state index is 15.1. The van der Waals surface area contributed by atoms with Crippen LogP contribution in [0, 0.1) is 0 Å². The van der Waals surface area contributed by atoms with E-state index in [1.165, 1.54) is 12.0 Å². The van der Waals surface area contributed by atoms with Gasteiger partial charge in [-0.2, -0.15) is 18.2 Å². The van der Waals surface area contributed by atoms with Crippen molar-refractivity contribution >= 4 is 38.9 Å². The standard InChI is InChI=1S/C29H27F4N5O5/c1-40-26(39)21-12-15(42-28-34-18-7-3-4-8-20(18)38(28)19-10-11-41-14-17(19)30)13-37(21)25-24-23(35-27(36-25)29(31,32)33)16-6-2-5-9-22(16)43-24/h2-9,15,17,19,21,26,39H,10-14H2,1H3/t15-,17-,19-,21-,26?/m0/s1. The van der Waals surface area contributed by atoms with Crippen LogP contribution in [-0.4, -0.2) is 76.1 Å².